The molecular weight excluding hydrogens is 810 g/mol. The lowest BCUT2D eigenvalue weighted by molar-refractivity contribution is -0.511. The van der Waals surface area contributed by atoms with E-state index in [4.69, 9.17) is 0 Å². The van der Waals surface area contributed by atoms with Crippen LogP contribution in [-0.2, 0) is 14.2 Å². The molecule has 2 saturated heterocycles. The molecule has 49 heavy (non-hydrogen) atoms. The van der Waals surface area contributed by atoms with Gasteiger partial charge in [-0.05, 0) is 0 Å². The Labute approximate surface area is 243 Å². The Kier molecular flexibility index (Phi) is 8.59. The molecule has 2 rings (SSSR count). The molecule has 0 aromatic carbocycles. The predicted octanol–water partition coefficient (Wildman–Crippen LogP) is 9.12. The summed E-state index contributed by atoms with van der Waals surface area (Å²) in [5.41, 5.74) is 0. The summed E-state index contributed by atoms with van der Waals surface area (Å²) in [6, 6.07) is 0. The molecule has 2 aliphatic rings. The van der Waals surface area contributed by atoms with Crippen LogP contribution in [0.5, 0.6) is 0 Å². The molecule has 2 fully saturated rings. The van der Waals surface area contributed by atoms with E-state index < -0.39 is 95.4 Å². The van der Waals surface area contributed by atoms with Crippen LogP contribution < -0.4 is 0 Å². The van der Waals surface area contributed by atoms with E-state index in [0.29, 0.717) is 0 Å². The largest absolute Gasteiger partial charge is 0.460 e. The third-order valence-corrected chi connectivity index (χ3v) is 6.20. The molecule has 3 nitrogen and oxygen atoms in total. The molecule has 0 bridgehead atoms. The van der Waals surface area contributed by atoms with Crippen molar-refractivity contribution < 1.29 is 146 Å². The Morgan fingerprint density at radius 3 is 0.592 bits per heavy atom. The molecular formula is C16F30O3. The van der Waals surface area contributed by atoms with Crippen molar-refractivity contribution in [2.75, 3.05) is 0 Å². The first-order chi connectivity index (χ1) is 20.6. The first-order valence-corrected chi connectivity index (χ1v) is 10.4. The highest BCUT2D eigenvalue weighted by Gasteiger charge is 3.06. The number of hydrogen-bond acceptors (Lipinski definition) is 3. The van der Waals surface area contributed by atoms with E-state index >= 15 is 8.78 Å². The summed E-state index contributed by atoms with van der Waals surface area (Å²) in [5.74, 6) is -109. The van der Waals surface area contributed by atoms with Crippen LogP contribution in [0.3, 0.4) is 0 Å². The summed E-state index contributed by atoms with van der Waals surface area (Å²) in [6.07, 6.45) is -31.1. The first kappa shape index (κ1) is 42.9. The maximum absolute atomic E-state index is 15.2. The molecule has 0 amide bonds. The van der Waals surface area contributed by atoms with Crippen LogP contribution in [-0.4, -0.2) is 95.4 Å². The van der Waals surface area contributed by atoms with Crippen molar-refractivity contribution in [3.63, 3.8) is 0 Å². The third-order valence-electron chi connectivity index (χ3n) is 6.20. The summed E-state index contributed by atoms with van der Waals surface area (Å²) in [5, 5.41) is 0. The highest BCUT2D eigenvalue weighted by Crippen LogP contribution is 2.74. The minimum Gasteiger partial charge on any atom is -0.288 e. The molecule has 0 aromatic heterocycles. The minimum absolute atomic E-state index is 1.17. The van der Waals surface area contributed by atoms with Crippen LogP contribution in [0.1, 0.15) is 0 Å². The lowest BCUT2D eigenvalue weighted by atomic mass is 9.88. The number of halogens is 30. The van der Waals surface area contributed by atoms with Crippen LogP contribution >= 0.6 is 0 Å². The third kappa shape index (κ3) is 4.62. The van der Waals surface area contributed by atoms with Crippen molar-refractivity contribution in [1.82, 2.24) is 0 Å². The van der Waals surface area contributed by atoms with Crippen LogP contribution in [0, 0.1) is 0 Å². The zero-order valence-corrected chi connectivity index (χ0v) is 20.6. The second kappa shape index (κ2) is 9.80. The summed E-state index contributed by atoms with van der Waals surface area (Å²) in [7, 11) is 0. The Bertz CT molecular complexity index is 1210. The first-order valence-electron chi connectivity index (χ1n) is 10.4. The summed E-state index contributed by atoms with van der Waals surface area (Å²) < 4.78 is 411. The van der Waals surface area contributed by atoms with Crippen molar-refractivity contribution in [2.45, 2.75) is 95.4 Å². The van der Waals surface area contributed by atoms with Gasteiger partial charge in [0.2, 0.25) is 0 Å². The van der Waals surface area contributed by atoms with Gasteiger partial charge in [-0.1, -0.05) is 0 Å². The van der Waals surface area contributed by atoms with Gasteiger partial charge in [-0.2, -0.15) is 132 Å². The summed E-state index contributed by atoms with van der Waals surface area (Å²) in [6.45, 7) is 0. The van der Waals surface area contributed by atoms with Crippen LogP contribution in [0.25, 0.3) is 0 Å². The average molecular weight is 810 g/mol. The number of ether oxygens (including phenoxy) is 3. The van der Waals surface area contributed by atoms with E-state index in [-0.39, 0.29) is 0 Å². The fourth-order valence-electron chi connectivity index (χ4n) is 3.21. The summed E-state index contributed by atoms with van der Waals surface area (Å²) >= 11 is 0. The molecule has 2 aliphatic heterocycles. The lowest BCUT2D eigenvalue weighted by Crippen LogP contribution is -2.78. The highest BCUT2D eigenvalue weighted by atomic mass is 19.4. The van der Waals surface area contributed by atoms with E-state index in [2.05, 4.69) is 0 Å². The fourth-order valence-corrected chi connectivity index (χ4v) is 3.21. The molecule has 0 spiro atoms. The maximum atomic E-state index is 15.2. The number of hydrogen-bond donors (Lipinski definition) is 0. The Balaban J connectivity index is 3.10. The van der Waals surface area contributed by atoms with Gasteiger partial charge in [0.15, 0.2) is 0 Å². The Hall–Kier alpha value is -2.22. The van der Waals surface area contributed by atoms with E-state index in [1.54, 1.807) is 9.47 Å². The van der Waals surface area contributed by atoms with Crippen molar-refractivity contribution in [2.24, 2.45) is 0 Å². The molecule has 0 aliphatic carbocycles. The zero-order chi connectivity index (χ0) is 40.1. The molecule has 0 saturated carbocycles. The van der Waals surface area contributed by atoms with Crippen molar-refractivity contribution in [3.05, 3.63) is 0 Å². The maximum Gasteiger partial charge on any atom is 0.460 e. The summed E-state index contributed by atoms with van der Waals surface area (Å²) in [4.78, 5) is 0. The van der Waals surface area contributed by atoms with Crippen molar-refractivity contribution in [3.8, 4) is 0 Å². The monoisotopic (exact) mass is 810 g/mol. The molecule has 0 radical (unpaired) electrons. The number of rotatable bonds is 12. The van der Waals surface area contributed by atoms with Gasteiger partial charge in [0, 0.05) is 0 Å². The fraction of sp³-hybridized carbons (Fsp3) is 1.00. The van der Waals surface area contributed by atoms with Gasteiger partial charge in [-0.15, -0.1) is 0 Å². The smallest absolute Gasteiger partial charge is 0.288 e. The Morgan fingerprint density at radius 2 is 0.449 bits per heavy atom. The van der Waals surface area contributed by atoms with Gasteiger partial charge in [-0.25, -0.2) is 0 Å². The quantitative estimate of drug-likeness (QED) is 0.146. The van der Waals surface area contributed by atoms with Gasteiger partial charge in [0.25, 0.3) is 0 Å². The van der Waals surface area contributed by atoms with Crippen molar-refractivity contribution in [1.29, 1.82) is 0 Å². The zero-order valence-electron chi connectivity index (χ0n) is 20.6. The molecule has 0 aromatic rings. The number of epoxide rings is 2. The minimum atomic E-state index is -9.70. The molecule has 292 valence electrons. The van der Waals surface area contributed by atoms with Crippen LogP contribution in [0.2, 0.25) is 0 Å². The second-order valence-electron chi connectivity index (χ2n) is 9.31. The highest BCUT2D eigenvalue weighted by molar-refractivity contribution is 5.24. The average Bonchev–Trinajstić information content (AvgIpc) is 3.61. The van der Waals surface area contributed by atoms with Gasteiger partial charge in [0.05, 0.1) is 0 Å². The second-order valence-corrected chi connectivity index (χ2v) is 9.31. The van der Waals surface area contributed by atoms with Crippen LogP contribution in [0.4, 0.5) is 132 Å². The van der Waals surface area contributed by atoms with Gasteiger partial charge in [0.1, 0.15) is 0 Å². The van der Waals surface area contributed by atoms with E-state index in [1.807, 2.05) is 0 Å². The van der Waals surface area contributed by atoms with Gasteiger partial charge in [-0.3, -0.25) is 14.2 Å². The van der Waals surface area contributed by atoms with Crippen molar-refractivity contribution >= 4 is 0 Å². The van der Waals surface area contributed by atoms with Gasteiger partial charge < -0.3 is 0 Å². The van der Waals surface area contributed by atoms with E-state index in [0.717, 1.165) is 0 Å². The standard InChI is InChI=1S/C16F30O3/c17-1(18,3(21,22)7(29,30)13(37,38)39)5(25,26)9(33,11(35)15(43,44)48-11)47-10(34,12(36)16(45,46)49-12)6(27,28)2(19,20)4(23,24)8(31,32)14(40,41)42. The topological polar surface area (TPSA) is 34.3 Å². The molecule has 2 heterocycles. The SMILES string of the molecule is FC(F)(F)C(F)(F)C(F)(F)C(F)(F)C(F)(F)C(F)(OC(F)(C(F)(F)C(F)(F)C(F)(F)C(F)(F)C(F)(F)F)C1(F)OC1(F)F)C1(F)OC1(F)F. The molecule has 0 N–H and O–H groups in total. The Morgan fingerprint density at radius 1 is 0.286 bits per heavy atom. The lowest BCUT2D eigenvalue weighted by Gasteiger charge is -2.47. The normalized spacial score (nSPS) is 28.5. The number of alkyl halides is 30. The van der Waals surface area contributed by atoms with Gasteiger partial charge >= 0.3 is 95.4 Å². The molecule has 4 unspecified atom stereocenters. The predicted molar refractivity (Wildman–Crippen MR) is 80.2 cm³/mol. The molecule has 4 atom stereocenters. The van der Waals surface area contributed by atoms with E-state index in [9.17, 15) is 123 Å². The van der Waals surface area contributed by atoms with E-state index in [1.165, 1.54) is 4.74 Å². The van der Waals surface area contributed by atoms with Crippen LogP contribution in [0.15, 0.2) is 0 Å². The molecule has 33 heteroatoms.